The van der Waals surface area contributed by atoms with Crippen LogP contribution >= 0.6 is 24.0 Å². The summed E-state index contributed by atoms with van der Waals surface area (Å²) in [4.78, 5) is 6.83. The van der Waals surface area contributed by atoms with Gasteiger partial charge in [0.1, 0.15) is 0 Å². The van der Waals surface area contributed by atoms with Crippen LogP contribution in [-0.4, -0.2) is 37.5 Å². The fourth-order valence-electron chi connectivity index (χ4n) is 2.90. The molecule has 1 aromatic carbocycles. The minimum Gasteiger partial charge on any atom is -0.356 e. The van der Waals surface area contributed by atoms with Crippen molar-refractivity contribution in [3.8, 4) is 0 Å². The van der Waals surface area contributed by atoms with Gasteiger partial charge in [-0.25, -0.2) is 0 Å². The topological polar surface area (TPSA) is 27.6 Å². The summed E-state index contributed by atoms with van der Waals surface area (Å²) in [5.41, 5.74) is 1.42. The van der Waals surface area contributed by atoms with E-state index in [4.69, 9.17) is 0 Å². The molecule has 1 saturated heterocycles. The Kier molecular flexibility index (Phi) is 8.83. The van der Waals surface area contributed by atoms with Gasteiger partial charge >= 0.3 is 0 Å². The molecule has 1 heterocycles. The Balaban J connectivity index is 0.00000242. The van der Waals surface area contributed by atoms with E-state index in [0.29, 0.717) is 5.92 Å². The predicted molar refractivity (Wildman–Crippen MR) is 106 cm³/mol. The van der Waals surface area contributed by atoms with Gasteiger partial charge < -0.3 is 10.2 Å². The van der Waals surface area contributed by atoms with Crippen molar-refractivity contribution in [2.75, 3.05) is 26.7 Å². The molecular formula is C18H30IN3. The van der Waals surface area contributed by atoms with Gasteiger partial charge in [0, 0.05) is 26.7 Å². The molecule has 0 bridgehead atoms. The van der Waals surface area contributed by atoms with Crippen LogP contribution in [-0.2, 0) is 0 Å². The highest BCUT2D eigenvalue weighted by atomic mass is 127. The van der Waals surface area contributed by atoms with E-state index < -0.39 is 0 Å². The van der Waals surface area contributed by atoms with E-state index in [9.17, 15) is 0 Å². The third-order valence-electron chi connectivity index (χ3n) is 4.52. The molecule has 1 atom stereocenters. The van der Waals surface area contributed by atoms with E-state index in [1.165, 1.54) is 18.4 Å². The quantitative estimate of drug-likeness (QED) is 0.456. The van der Waals surface area contributed by atoms with Gasteiger partial charge in [0.2, 0.25) is 0 Å². The number of aliphatic imine (C=N–C) groups is 1. The smallest absolute Gasteiger partial charge is 0.193 e. The largest absolute Gasteiger partial charge is 0.356 e. The van der Waals surface area contributed by atoms with E-state index in [1.807, 2.05) is 7.05 Å². The van der Waals surface area contributed by atoms with E-state index in [-0.39, 0.29) is 24.0 Å². The average molecular weight is 415 g/mol. The summed E-state index contributed by atoms with van der Waals surface area (Å²) in [6.07, 6.45) is 3.69. The Hall–Kier alpha value is -0.780. The molecule has 0 amide bonds. The molecule has 3 nitrogen and oxygen atoms in total. The lowest BCUT2D eigenvalue weighted by Crippen LogP contribution is -2.45. The standard InChI is InChI=1S/C18H29N3.HI/c1-15-10-13-21(14-11-15)18(19-3)20-12-9-16(2)17-7-5-4-6-8-17;/h4-8,15-16H,9-14H2,1-3H3,(H,19,20);1H. The molecule has 22 heavy (non-hydrogen) atoms. The van der Waals surface area contributed by atoms with Gasteiger partial charge in [-0.15, -0.1) is 24.0 Å². The van der Waals surface area contributed by atoms with Gasteiger partial charge in [0.05, 0.1) is 0 Å². The van der Waals surface area contributed by atoms with Gasteiger partial charge in [-0.2, -0.15) is 0 Å². The number of halogens is 1. The summed E-state index contributed by atoms with van der Waals surface area (Å²) in [6, 6.07) is 10.7. The monoisotopic (exact) mass is 415 g/mol. The lowest BCUT2D eigenvalue weighted by molar-refractivity contribution is 0.273. The van der Waals surface area contributed by atoms with Crippen LogP contribution in [0.25, 0.3) is 0 Å². The number of guanidine groups is 1. The molecule has 1 aromatic rings. The summed E-state index contributed by atoms with van der Waals surface area (Å²) in [5.74, 6) is 2.51. The van der Waals surface area contributed by atoms with E-state index >= 15 is 0 Å². The lowest BCUT2D eigenvalue weighted by atomic mass is 9.98. The van der Waals surface area contributed by atoms with Gasteiger partial charge in [0.15, 0.2) is 5.96 Å². The molecule has 1 fully saturated rings. The van der Waals surface area contributed by atoms with Crippen LogP contribution in [0.3, 0.4) is 0 Å². The Morgan fingerprint density at radius 1 is 1.27 bits per heavy atom. The van der Waals surface area contributed by atoms with Crippen LogP contribution in [0.4, 0.5) is 0 Å². The van der Waals surface area contributed by atoms with Crippen molar-refractivity contribution < 1.29 is 0 Å². The third kappa shape index (κ3) is 5.78. The minimum atomic E-state index is 0. The fourth-order valence-corrected chi connectivity index (χ4v) is 2.90. The molecule has 1 N–H and O–H groups in total. The zero-order chi connectivity index (χ0) is 15.1. The molecule has 0 radical (unpaired) electrons. The first-order valence-electron chi connectivity index (χ1n) is 8.21. The zero-order valence-electron chi connectivity index (χ0n) is 14.1. The second-order valence-electron chi connectivity index (χ2n) is 6.24. The summed E-state index contributed by atoms with van der Waals surface area (Å²) >= 11 is 0. The first-order chi connectivity index (χ1) is 10.2. The summed E-state index contributed by atoms with van der Waals surface area (Å²) in [6.45, 7) is 7.89. The molecule has 0 aliphatic carbocycles. The van der Waals surface area contributed by atoms with Crippen molar-refractivity contribution in [3.63, 3.8) is 0 Å². The number of nitrogens with one attached hydrogen (secondary N) is 1. The molecule has 1 unspecified atom stereocenters. The Bertz CT molecular complexity index is 439. The summed E-state index contributed by atoms with van der Waals surface area (Å²) < 4.78 is 0. The van der Waals surface area contributed by atoms with Crippen LogP contribution in [0.1, 0.15) is 44.6 Å². The molecule has 0 aromatic heterocycles. The van der Waals surface area contributed by atoms with Gasteiger partial charge in [-0.1, -0.05) is 44.2 Å². The Morgan fingerprint density at radius 2 is 1.91 bits per heavy atom. The normalized spacial score (nSPS) is 17.8. The molecular weight excluding hydrogens is 385 g/mol. The maximum absolute atomic E-state index is 4.44. The van der Waals surface area contributed by atoms with Crippen LogP contribution < -0.4 is 5.32 Å². The Morgan fingerprint density at radius 3 is 2.50 bits per heavy atom. The van der Waals surface area contributed by atoms with Crippen molar-refractivity contribution in [1.29, 1.82) is 0 Å². The predicted octanol–water partition coefficient (Wildman–Crippen LogP) is 4.11. The van der Waals surface area contributed by atoms with Gasteiger partial charge in [-0.3, -0.25) is 4.99 Å². The molecule has 1 aliphatic rings. The molecule has 1 aliphatic heterocycles. The number of hydrogen-bond donors (Lipinski definition) is 1. The first-order valence-corrected chi connectivity index (χ1v) is 8.21. The second kappa shape index (κ2) is 10.1. The van der Waals surface area contributed by atoms with Crippen LogP contribution in [0.2, 0.25) is 0 Å². The van der Waals surface area contributed by atoms with Crippen molar-refractivity contribution in [3.05, 3.63) is 35.9 Å². The van der Waals surface area contributed by atoms with Gasteiger partial charge in [0.25, 0.3) is 0 Å². The number of benzene rings is 1. The van der Waals surface area contributed by atoms with Crippen molar-refractivity contribution in [1.82, 2.24) is 10.2 Å². The highest BCUT2D eigenvalue weighted by Gasteiger charge is 2.18. The van der Waals surface area contributed by atoms with E-state index in [2.05, 4.69) is 59.4 Å². The molecule has 0 spiro atoms. The Labute approximate surface area is 152 Å². The van der Waals surface area contributed by atoms with Crippen LogP contribution in [0.5, 0.6) is 0 Å². The average Bonchev–Trinajstić information content (AvgIpc) is 2.53. The molecule has 2 rings (SSSR count). The molecule has 4 heteroatoms. The lowest BCUT2D eigenvalue weighted by Gasteiger charge is -2.33. The van der Waals surface area contributed by atoms with Crippen molar-refractivity contribution >= 4 is 29.9 Å². The maximum atomic E-state index is 4.44. The minimum absolute atomic E-state index is 0. The highest BCUT2D eigenvalue weighted by Crippen LogP contribution is 2.18. The number of piperidine rings is 1. The number of rotatable bonds is 4. The first kappa shape index (κ1) is 19.3. The SMILES string of the molecule is CN=C(NCCC(C)c1ccccc1)N1CCC(C)CC1.I. The van der Waals surface area contributed by atoms with Crippen LogP contribution in [0, 0.1) is 5.92 Å². The second-order valence-corrected chi connectivity index (χ2v) is 6.24. The fraction of sp³-hybridized carbons (Fsp3) is 0.611. The van der Waals surface area contributed by atoms with Crippen molar-refractivity contribution in [2.45, 2.75) is 39.0 Å². The molecule has 0 saturated carbocycles. The zero-order valence-corrected chi connectivity index (χ0v) is 16.4. The van der Waals surface area contributed by atoms with E-state index in [0.717, 1.165) is 37.9 Å². The third-order valence-corrected chi connectivity index (χ3v) is 4.52. The maximum Gasteiger partial charge on any atom is 0.193 e. The molecule has 124 valence electrons. The number of hydrogen-bond acceptors (Lipinski definition) is 1. The highest BCUT2D eigenvalue weighted by molar-refractivity contribution is 14.0. The number of nitrogens with zero attached hydrogens (tertiary/aromatic N) is 2. The van der Waals surface area contributed by atoms with E-state index in [1.54, 1.807) is 0 Å². The summed E-state index contributed by atoms with van der Waals surface area (Å²) in [5, 5.41) is 3.53. The number of likely N-dealkylation sites (tertiary alicyclic amines) is 1. The summed E-state index contributed by atoms with van der Waals surface area (Å²) in [7, 11) is 1.89. The van der Waals surface area contributed by atoms with Crippen molar-refractivity contribution in [2.24, 2.45) is 10.9 Å². The van der Waals surface area contributed by atoms with Crippen LogP contribution in [0.15, 0.2) is 35.3 Å². The van der Waals surface area contributed by atoms with Gasteiger partial charge in [-0.05, 0) is 36.7 Å².